The van der Waals surface area contributed by atoms with Gasteiger partial charge in [-0.05, 0) is 49.4 Å². The number of alkyl halides is 3. The van der Waals surface area contributed by atoms with Gasteiger partial charge >= 0.3 is 6.18 Å². The summed E-state index contributed by atoms with van der Waals surface area (Å²) < 4.78 is 42.3. The first-order valence-electron chi connectivity index (χ1n) is 10.7. The molecule has 36 heavy (non-hydrogen) atoms. The molecule has 1 N–H and O–H groups in total. The van der Waals surface area contributed by atoms with Crippen LogP contribution in [0.5, 0.6) is 0 Å². The molecule has 0 spiro atoms. The lowest BCUT2D eigenvalue weighted by molar-refractivity contribution is -0.137. The summed E-state index contributed by atoms with van der Waals surface area (Å²) in [5.41, 5.74) is 0.304. The molecule has 5 rings (SSSR count). The Morgan fingerprint density at radius 3 is 2.53 bits per heavy atom. The molecule has 0 saturated heterocycles. The van der Waals surface area contributed by atoms with Gasteiger partial charge in [0.2, 0.25) is 5.43 Å². The quantitative estimate of drug-likeness (QED) is 0.399. The van der Waals surface area contributed by atoms with Gasteiger partial charge in [0.25, 0.3) is 5.91 Å². The van der Waals surface area contributed by atoms with Gasteiger partial charge in [-0.1, -0.05) is 18.2 Å². The summed E-state index contributed by atoms with van der Waals surface area (Å²) >= 11 is 0. The molecule has 5 aromatic rings. The molecule has 0 unspecified atom stereocenters. The number of benzene rings is 2. The van der Waals surface area contributed by atoms with E-state index >= 15 is 0 Å². The lowest BCUT2D eigenvalue weighted by Crippen LogP contribution is -2.27. The first-order valence-corrected chi connectivity index (χ1v) is 10.7. The van der Waals surface area contributed by atoms with Crippen molar-refractivity contribution in [2.24, 2.45) is 0 Å². The van der Waals surface area contributed by atoms with E-state index in [0.717, 1.165) is 33.9 Å². The number of hydrogen-bond donors (Lipinski definition) is 1. The molecule has 0 bridgehead atoms. The van der Waals surface area contributed by atoms with Gasteiger partial charge in [0.1, 0.15) is 12.1 Å². The summed E-state index contributed by atoms with van der Waals surface area (Å²) in [7, 11) is 0. The minimum atomic E-state index is -4.55. The number of aryl methyl sites for hydroxylation is 1. The molecule has 2 aromatic carbocycles. The van der Waals surface area contributed by atoms with E-state index in [1.165, 1.54) is 25.3 Å². The number of hydrogen-bond acceptors (Lipinski definition) is 5. The Hall–Kier alpha value is -4.80. The number of aromatic nitrogens is 5. The second-order valence-corrected chi connectivity index (χ2v) is 7.92. The van der Waals surface area contributed by atoms with E-state index in [0.29, 0.717) is 11.5 Å². The van der Waals surface area contributed by atoms with Crippen molar-refractivity contribution in [3.63, 3.8) is 0 Å². The van der Waals surface area contributed by atoms with Crippen LogP contribution in [0.4, 0.5) is 18.9 Å². The number of nitrogens with one attached hydrogen (secondary N) is 1. The monoisotopic (exact) mass is 490 g/mol. The van der Waals surface area contributed by atoms with Crippen molar-refractivity contribution in [2.45, 2.75) is 13.1 Å². The Balaban J connectivity index is 1.42. The molecule has 0 aliphatic rings. The predicted octanol–water partition coefficient (Wildman–Crippen LogP) is 4.55. The van der Waals surface area contributed by atoms with Gasteiger partial charge in [0.15, 0.2) is 5.69 Å². The maximum atomic E-state index is 13.1. The number of carbonyl (C=O) groups is 1. The van der Waals surface area contributed by atoms with Gasteiger partial charge in [-0.3, -0.25) is 14.2 Å². The van der Waals surface area contributed by atoms with Crippen molar-refractivity contribution in [3.05, 3.63) is 106 Å². The highest BCUT2D eigenvalue weighted by Crippen LogP contribution is 2.30. The molecule has 0 saturated carbocycles. The Labute approximate surface area is 201 Å². The van der Waals surface area contributed by atoms with Crippen LogP contribution in [0.1, 0.15) is 21.7 Å². The van der Waals surface area contributed by atoms with E-state index < -0.39 is 28.8 Å². The third-order valence-corrected chi connectivity index (χ3v) is 5.45. The summed E-state index contributed by atoms with van der Waals surface area (Å²) in [4.78, 5) is 34.0. The molecule has 0 aliphatic heterocycles. The predicted molar refractivity (Wildman–Crippen MR) is 126 cm³/mol. The van der Waals surface area contributed by atoms with Gasteiger partial charge in [-0.2, -0.15) is 18.3 Å². The number of halogens is 3. The van der Waals surface area contributed by atoms with Crippen LogP contribution in [0, 0.1) is 6.92 Å². The number of pyridine rings is 1. The average Bonchev–Trinajstić information content (AvgIpc) is 3.28. The summed E-state index contributed by atoms with van der Waals surface area (Å²) in [6.07, 6.45) is -1.50. The number of rotatable bonds is 4. The molecule has 180 valence electrons. The zero-order valence-electron chi connectivity index (χ0n) is 18.7. The second-order valence-electron chi connectivity index (χ2n) is 7.92. The zero-order chi connectivity index (χ0) is 25.4. The normalized spacial score (nSPS) is 11.6. The van der Waals surface area contributed by atoms with Gasteiger partial charge in [0.05, 0.1) is 34.2 Å². The molecular formula is C25H17F3N6O2. The lowest BCUT2D eigenvalue weighted by Gasteiger charge is -2.13. The van der Waals surface area contributed by atoms with Gasteiger partial charge in [-0.25, -0.2) is 14.6 Å². The highest BCUT2D eigenvalue weighted by molar-refractivity contribution is 6.02. The first kappa shape index (κ1) is 23.0. The van der Waals surface area contributed by atoms with Crippen molar-refractivity contribution in [3.8, 4) is 11.5 Å². The standard InChI is InChI=1S/C25H17F3N6O2/c1-15-11-21(35)23(32-34(15)18-6-4-5-16(12-18)25(26,27)28)24(36)31-17-9-10-22(29-13-17)33-14-30-19-7-2-3-8-20(19)33/h2-14H,1H3,(H,31,36). The Morgan fingerprint density at radius 2 is 1.78 bits per heavy atom. The van der Waals surface area contributed by atoms with Crippen molar-refractivity contribution in [2.75, 3.05) is 5.32 Å². The number of anilines is 1. The van der Waals surface area contributed by atoms with Crippen LogP contribution < -0.4 is 10.7 Å². The molecular weight excluding hydrogens is 473 g/mol. The third-order valence-electron chi connectivity index (χ3n) is 5.45. The number of amides is 1. The molecule has 1 amide bonds. The van der Waals surface area contributed by atoms with Crippen LogP contribution in [0.15, 0.2) is 84.0 Å². The van der Waals surface area contributed by atoms with E-state index in [9.17, 15) is 22.8 Å². The lowest BCUT2D eigenvalue weighted by atomic mass is 10.2. The maximum Gasteiger partial charge on any atom is 0.416 e. The Morgan fingerprint density at radius 1 is 0.972 bits per heavy atom. The molecule has 11 heteroatoms. The van der Waals surface area contributed by atoms with Crippen molar-refractivity contribution in [1.82, 2.24) is 24.3 Å². The van der Waals surface area contributed by atoms with Crippen LogP contribution in [0.2, 0.25) is 0 Å². The van der Waals surface area contributed by atoms with Crippen LogP contribution in [-0.2, 0) is 6.18 Å². The number of para-hydroxylation sites is 2. The van der Waals surface area contributed by atoms with E-state index in [1.54, 1.807) is 23.0 Å². The minimum Gasteiger partial charge on any atom is -0.319 e. The van der Waals surface area contributed by atoms with Gasteiger partial charge < -0.3 is 5.32 Å². The number of imidazole rings is 1. The summed E-state index contributed by atoms with van der Waals surface area (Å²) in [6.45, 7) is 1.51. The maximum absolute atomic E-state index is 13.1. The van der Waals surface area contributed by atoms with Crippen molar-refractivity contribution >= 4 is 22.6 Å². The second kappa shape index (κ2) is 8.77. The van der Waals surface area contributed by atoms with E-state index in [1.807, 2.05) is 24.3 Å². The van der Waals surface area contributed by atoms with E-state index in [4.69, 9.17) is 0 Å². The largest absolute Gasteiger partial charge is 0.416 e. The number of fused-ring (bicyclic) bond motifs is 1. The molecule has 0 atom stereocenters. The number of nitrogens with zero attached hydrogens (tertiary/aromatic N) is 5. The zero-order valence-corrected chi connectivity index (χ0v) is 18.7. The van der Waals surface area contributed by atoms with E-state index in [-0.39, 0.29) is 11.4 Å². The average molecular weight is 490 g/mol. The summed E-state index contributed by atoms with van der Waals surface area (Å²) in [5, 5.41) is 6.61. The topological polar surface area (TPSA) is 94.7 Å². The fourth-order valence-electron chi connectivity index (χ4n) is 3.71. The fraction of sp³-hybridized carbons (Fsp3) is 0.0800. The molecule has 3 aromatic heterocycles. The van der Waals surface area contributed by atoms with Crippen molar-refractivity contribution < 1.29 is 18.0 Å². The Kier molecular flexibility index (Phi) is 5.59. The van der Waals surface area contributed by atoms with E-state index in [2.05, 4.69) is 20.4 Å². The summed E-state index contributed by atoms with van der Waals surface area (Å²) in [6, 6.07) is 16.4. The van der Waals surface area contributed by atoms with Crippen LogP contribution in [0.3, 0.4) is 0 Å². The number of carbonyl (C=O) groups excluding carboxylic acids is 1. The van der Waals surface area contributed by atoms with Gasteiger partial charge in [0, 0.05) is 11.8 Å². The molecule has 0 aliphatic carbocycles. The molecule has 0 radical (unpaired) electrons. The fourth-order valence-corrected chi connectivity index (χ4v) is 3.71. The smallest absolute Gasteiger partial charge is 0.319 e. The highest BCUT2D eigenvalue weighted by Gasteiger charge is 2.30. The minimum absolute atomic E-state index is 0.0648. The van der Waals surface area contributed by atoms with Crippen LogP contribution in [0.25, 0.3) is 22.5 Å². The highest BCUT2D eigenvalue weighted by atomic mass is 19.4. The van der Waals surface area contributed by atoms with Crippen molar-refractivity contribution in [1.29, 1.82) is 0 Å². The summed E-state index contributed by atoms with van der Waals surface area (Å²) in [5.74, 6) is -0.245. The first-order chi connectivity index (χ1) is 17.2. The third kappa shape index (κ3) is 4.33. The molecule has 0 fully saturated rings. The van der Waals surface area contributed by atoms with Crippen LogP contribution >= 0.6 is 0 Å². The molecule has 8 nitrogen and oxygen atoms in total. The SMILES string of the molecule is Cc1cc(=O)c(C(=O)Nc2ccc(-n3cnc4ccccc43)nc2)nn1-c1cccc(C(F)(F)F)c1. The molecule has 3 heterocycles. The van der Waals surface area contributed by atoms with Gasteiger partial charge in [-0.15, -0.1) is 0 Å². The van der Waals surface area contributed by atoms with Crippen LogP contribution in [-0.4, -0.2) is 30.2 Å². The Bertz CT molecular complexity index is 1660.